The van der Waals surface area contributed by atoms with Gasteiger partial charge in [0.15, 0.2) is 57.5 Å². The van der Waals surface area contributed by atoms with Crippen molar-refractivity contribution in [2.75, 3.05) is 0 Å². The molecule has 0 fully saturated rings. The number of hydrogen-bond acceptors (Lipinski definition) is 18. The van der Waals surface area contributed by atoms with E-state index in [0.717, 1.165) is 200 Å². The first-order valence-electron chi connectivity index (χ1n) is 45.6. The van der Waals surface area contributed by atoms with Crippen LogP contribution >= 0.6 is 34.0 Å². The molecule has 0 radical (unpaired) electrons. The second-order valence-electron chi connectivity index (χ2n) is 33.7. The Morgan fingerprint density at radius 2 is 0.432 bits per heavy atom. The summed E-state index contributed by atoms with van der Waals surface area (Å²) in [7, 11) is 0. The Bertz CT molecular complexity index is 9460. The van der Waals surface area contributed by atoms with Crippen LogP contribution in [0.1, 0.15) is 0 Å². The molecule has 139 heavy (non-hydrogen) atoms. The maximum absolute atomic E-state index is 6.41. The molecule has 18 heteroatoms. The quantitative estimate of drug-likeness (QED) is 0.0997. The van der Waals surface area contributed by atoms with E-state index in [1.165, 1.54) is 15.8 Å². The van der Waals surface area contributed by atoms with Crippen LogP contribution in [-0.2, 0) is 0 Å². The van der Waals surface area contributed by atoms with Crippen molar-refractivity contribution in [2.24, 2.45) is 0 Å². The predicted octanol–water partition coefficient (Wildman–Crippen LogP) is 33.0. The molecule has 10 heterocycles. The van der Waals surface area contributed by atoms with Crippen molar-refractivity contribution >= 4 is 150 Å². The van der Waals surface area contributed by atoms with Gasteiger partial charge in [-0.1, -0.05) is 322 Å². The summed E-state index contributed by atoms with van der Waals surface area (Å²) in [5.41, 5.74) is 24.1. The highest BCUT2D eigenvalue weighted by molar-refractivity contribution is 7.27. The molecule has 0 saturated carbocycles. The number of rotatable bonds is 14. The first kappa shape index (κ1) is 81.7. The summed E-state index contributed by atoms with van der Waals surface area (Å²) in [6.07, 6.45) is 0. The number of hydrogen-bond donors (Lipinski definition) is 0. The minimum Gasteiger partial charge on any atom is -0.455 e. The summed E-state index contributed by atoms with van der Waals surface area (Å²) in [5.74, 6) is 6.17. The Morgan fingerprint density at radius 1 is 0.158 bits per heavy atom. The van der Waals surface area contributed by atoms with E-state index in [9.17, 15) is 0 Å². The normalized spacial score (nSPS) is 11.6. The van der Waals surface area contributed by atoms with Gasteiger partial charge in [-0.05, 0) is 126 Å². The molecule has 0 unspecified atom stereocenters. The van der Waals surface area contributed by atoms with Crippen LogP contribution in [-0.4, -0.2) is 54.8 Å². The van der Waals surface area contributed by atoms with Gasteiger partial charge in [0, 0.05) is 144 Å². The van der Waals surface area contributed by atoms with Crippen LogP contribution in [0.25, 0.3) is 275 Å². The van der Waals surface area contributed by atoms with Crippen molar-refractivity contribution in [1.29, 1.82) is 0 Å². The summed E-state index contributed by atoms with van der Waals surface area (Å²) in [5, 5.41) is 8.71. The van der Waals surface area contributed by atoms with Gasteiger partial charge in [-0.15, -0.1) is 34.0 Å². The Hall–Kier alpha value is -18.1. The lowest BCUT2D eigenvalue weighted by Gasteiger charge is -2.11. The molecule has 0 amide bonds. The van der Waals surface area contributed by atoms with Crippen LogP contribution in [0.2, 0.25) is 0 Å². The summed E-state index contributed by atoms with van der Waals surface area (Å²) >= 11 is 5.25. The molecule has 652 valence electrons. The van der Waals surface area contributed by atoms with Gasteiger partial charge in [0.1, 0.15) is 27.7 Å². The molecule has 0 spiro atoms. The number of furan rings is 1. The molecule has 15 nitrogen and oxygen atoms in total. The number of benzene rings is 18. The minimum absolute atomic E-state index is 0.586. The van der Waals surface area contributed by atoms with Crippen LogP contribution in [0, 0.1) is 0 Å². The van der Waals surface area contributed by atoms with E-state index < -0.39 is 0 Å². The average Bonchev–Trinajstić information content (AvgIpc) is 1.60. The Balaban J connectivity index is 0.000000109. The lowest BCUT2D eigenvalue weighted by molar-refractivity contribution is 0.620. The third-order valence-electron chi connectivity index (χ3n) is 25.1. The standard InChI is InChI=1S/C46H26N4O2S.C41H25N3OS.C34H20N4OS/c1-2-12-27(13-3-1)43-48-44(29-15-8-14-28(26-29)30-17-9-18-32-31-16-4-6-22-36(31)51-42(30)32)50-45(49-43)33-19-10-24-38-40(33)41-34(20-11-25-39(41)53-38)46-47-35-21-5-7-23-37(35)52-46;1-3-11-26(12-4-1)27-21-23-29(24-22-27)34-25-33(28-13-5-2-6-14-28)42-40(43-34)30-15-9-19-36-38(30)39-31(16-10-20-37(39)46-36)41-44-32-17-7-8-18-35(32)45-41;1-3-11-21(12-4-1)31-36-32(22-13-5-2-6-14-22)38-33(37-31)23-15-9-19-27-29(23)30-24(16-10-20-28(30)40-27)34-35-25-17-7-8-18-26(25)39-34/h1-26H;1-25H;1-20H. The number of nitrogens with zero attached hydrogens (tertiary/aromatic N) is 11. The molecule has 0 saturated heterocycles. The van der Waals surface area contributed by atoms with Crippen LogP contribution < -0.4 is 0 Å². The summed E-state index contributed by atoms with van der Waals surface area (Å²) in [4.78, 5) is 55.4. The third kappa shape index (κ3) is 15.1. The number of para-hydroxylation sites is 8. The third-order valence-corrected chi connectivity index (χ3v) is 28.5. The monoisotopic (exact) mass is 1840 g/mol. The molecule has 0 N–H and O–H groups in total. The van der Waals surface area contributed by atoms with E-state index >= 15 is 0 Å². The van der Waals surface area contributed by atoms with Gasteiger partial charge in [0.05, 0.1) is 11.4 Å². The largest absolute Gasteiger partial charge is 0.455 e. The lowest BCUT2D eigenvalue weighted by Crippen LogP contribution is -2.00. The van der Waals surface area contributed by atoms with Crippen molar-refractivity contribution in [3.63, 3.8) is 0 Å². The minimum atomic E-state index is 0.586. The molecule has 0 aliphatic heterocycles. The zero-order valence-electron chi connectivity index (χ0n) is 73.8. The van der Waals surface area contributed by atoms with Gasteiger partial charge in [-0.3, -0.25) is 0 Å². The smallest absolute Gasteiger partial charge is 0.227 e. The zero-order chi connectivity index (χ0) is 91.8. The number of oxazole rings is 3. The second kappa shape index (κ2) is 34.8. The van der Waals surface area contributed by atoms with Crippen LogP contribution in [0.3, 0.4) is 0 Å². The highest BCUT2D eigenvalue weighted by atomic mass is 32.1. The molecule has 10 aromatic heterocycles. The van der Waals surface area contributed by atoms with Gasteiger partial charge in [-0.25, -0.2) is 54.8 Å². The second-order valence-corrected chi connectivity index (χ2v) is 36.9. The Kier molecular flexibility index (Phi) is 20.4. The maximum atomic E-state index is 6.41. The molecule has 18 aromatic carbocycles. The highest BCUT2D eigenvalue weighted by Gasteiger charge is 2.27. The van der Waals surface area contributed by atoms with Crippen molar-refractivity contribution < 1.29 is 17.7 Å². The van der Waals surface area contributed by atoms with E-state index in [-0.39, 0.29) is 0 Å². The lowest BCUT2D eigenvalue weighted by atomic mass is 10.00. The fraction of sp³-hybridized carbons (Fsp3) is 0. The Labute approximate surface area is 805 Å². The first-order chi connectivity index (χ1) is 68.8. The van der Waals surface area contributed by atoms with Crippen LogP contribution in [0.15, 0.2) is 448 Å². The Morgan fingerprint density at radius 3 is 0.842 bits per heavy atom. The number of fused-ring (bicyclic) bond motifs is 15. The highest BCUT2D eigenvalue weighted by Crippen LogP contribution is 2.50. The maximum Gasteiger partial charge on any atom is 0.227 e. The van der Waals surface area contributed by atoms with E-state index in [4.69, 9.17) is 72.5 Å². The van der Waals surface area contributed by atoms with Crippen molar-refractivity contribution in [3.05, 3.63) is 431 Å². The molecular weight excluding hydrogens is 1770 g/mol. The fourth-order valence-corrected chi connectivity index (χ4v) is 22.1. The summed E-state index contributed by atoms with van der Waals surface area (Å²) in [6.45, 7) is 0. The van der Waals surface area contributed by atoms with Crippen molar-refractivity contribution in [2.45, 2.75) is 0 Å². The molecule has 0 aliphatic carbocycles. The number of thiophene rings is 3. The topological polar surface area (TPSA) is 194 Å². The van der Waals surface area contributed by atoms with E-state index in [2.05, 4.69) is 224 Å². The van der Waals surface area contributed by atoms with E-state index in [1.54, 1.807) is 34.0 Å². The van der Waals surface area contributed by atoms with Gasteiger partial charge in [0.2, 0.25) is 17.7 Å². The van der Waals surface area contributed by atoms with Crippen molar-refractivity contribution in [3.8, 4) is 159 Å². The molecule has 28 rings (SSSR count). The van der Waals surface area contributed by atoms with Crippen molar-refractivity contribution in [1.82, 2.24) is 54.8 Å². The molecular formula is C121H71N11O4S3. The van der Waals surface area contributed by atoms with E-state index in [1.807, 2.05) is 206 Å². The predicted molar refractivity (Wildman–Crippen MR) is 566 cm³/mol. The van der Waals surface area contributed by atoms with Gasteiger partial charge >= 0.3 is 0 Å². The van der Waals surface area contributed by atoms with Gasteiger partial charge in [-0.2, -0.15) is 0 Å². The summed E-state index contributed by atoms with van der Waals surface area (Å²) in [6, 6.07) is 146. The van der Waals surface area contributed by atoms with Crippen LogP contribution in [0.5, 0.6) is 0 Å². The SMILES string of the molecule is c1ccc(-c2ccc(-c3cc(-c4ccccc4)nc(-c4cccc5sc6cccc(-c7nc8ccccc8o7)c6c45)n3)cc2)cc1.c1ccc(-c2nc(-c3cccc(-c4cccc5c4oc4ccccc45)c3)nc(-c3cccc4sc5cccc(-c6nc7ccccc7o6)c5c34)n2)cc1.c1ccc(-c2nc(-c3ccccc3)nc(-c3cccc4sc5cccc(-c6nc7ccccc7o6)c5c34)n2)cc1. The van der Waals surface area contributed by atoms with E-state index in [0.29, 0.717) is 58.4 Å². The summed E-state index contributed by atoms with van der Waals surface area (Å²) < 4.78 is 32.1. The molecule has 28 aromatic rings. The molecule has 0 aliphatic rings. The van der Waals surface area contributed by atoms with Gasteiger partial charge < -0.3 is 17.7 Å². The number of aromatic nitrogens is 11. The molecule has 0 atom stereocenters. The zero-order valence-corrected chi connectivity index (χ0v) is 76.2. The molecule has 0 bridgehead atoms. The van der Waals surface area contributed by atoms with Crippen LogP contribution in [0.4, 0.5) is 0 Å². The van der Waals surface area contributed by atoms with Gasteiger partial charge in [0.25, 0.3) is 0 Å². The first-order valence-corrected chi connectivity index (χ1v) is 48.0. The fourth-order valence-electron chi connectivity index (χ4n) is 18.7. The average molecular weight is 1840 g/mol.